The SMILES string of the molecule is N#Cc1ccc(OCc2cc(Oc3ccc(Cc4nc5c(F)cc(C(=O)O)cc5n4C[C@@H]4CCO4)c(F)c3)ccn2)c(F)c1.S. The van der Waals surface area contributed by atoms with E-state index in [-0.39, 0.29) is 66.3 Å². The van der Waals surface area contributed by atoms with Gasteiger partial charge in [0.2, 0.25) is 0 Å². The summed E-state index contributed by atoms with van der Waals surface area (Å²) in [5, 5.41) is 18.3. The molecule has 1 fully saturated rings. The van der Waals surface area contributed by atoms with Crippen molar-refractivity contribution in [2.24, 2.45) is 0 Å². The maximum atomic E-state index is 15.3. The highest BCUT2D eigenvalue weighted by atomic mass is 32.1. The summed E-state index contributed by atoms with van der Waals surface area (Å²) in [7, 11) is 0. The van der Waals surface area contributed by atoms with Crippen LogP contribution in [0.25, 0.3) is 11.0 Å². The zero-order valence-electron chi connectivity index (χ0n) is 23.5. The average Bonchev–Trinajstić information content (AvgIpc) is 3.33. The molecular formula is C32H25F3N4O5S. The molecule has 1 aliphatic heterocycles. The van der Waals surface area contributed by atoms with E-state index in [0.717, 1.165) is 18.6 Å². The van der Waals surface area contributed by atoms with Crippen LogP contribution in [0, 0.1) is 28.8 Å². The molecule has 9 nitrogen and oxygen atoms in total. The first kappa shape index (κ1) is 31.4. The molecule has 3 aromatic carbocycles. The van der Waals surface area contributed by atoms with Gasteiger partial charge in [-0.3, -0.25) is 4.98 Å². The summed E-state index contributed by atoms with van der Waals surface area (Å²) in [4.78, 5) is 20.1. The number of aromatic nitrogens is 3. The number of ether oxygens (including phenoxy) is 3. The predicted molar refractivity (Wildman–Crippen MR) is 160 cm³/mol. The topological polar surface area (TPSA) is 119 Å². The van der Waals surface area contributed by atoms with E-state index in [0.29, 0.717) is 35.9 Å². The van der Waals surface area contributed by atoms with Gasteiger partial charge in [-0.1, -0.05) is 6.07 Å². The van der Waals surface area contributed by atoms with Crippen molar-refractivity contribution in [3.63, 3.8) is 0 Å². The molecule has 1 aliphatic rings. The van der Waals surface area contributed by atoms with E-state index < -0.39 is 23.4 Å². The highest BCUT2D eigenvalue weighted by molar-refractivity contribution is 7.59. The summed E-state index contributed by atoms with van der Waals surface area (Å²) >= 11 is 0. The van der Waals surface area contributed by atoms with Crippen LogP contribution in [-0.4, -0.2) is 38.3 Å². The van der Waals surface area contributed by atoms with E-state index >= 15 is 4.39 Å². The number of imidazole rings is 1. The Hall–Kier alpha value is -5.06. The number of fused-ring (bicyclic) bond motifs is 1. The molecule has 5 aromatic rings. The first-order chi connectivity index (χ1) is 21.3. The molecule has 0 bridgehead atoms. The van der Waals surface area contributed by atoms with E-state index in [9.17, 15) is 18.7 Å². The fourth-order valence-electron chi connectivity index (χ4n) is 4.80. The van der Waals surface area contributed by atoms with Crippen molar-refractivity contribution in [2.75, 3.05) is 6.61 Å². The lowest BCUT2D eigenvalue weighted by Gasteiger charge is -2.27. The molecular weight excluding hydrogens is 609 g/mol. The van der Waals surface area contributed by atoms with Crippen molar-refractivity contribution in [2.45, 2.75) is 32.1 Å². The number of halogens is 3. The van der Waals surface area contributed by atoms with Gasteiger partial charge in [0.25, 0.3) is 0 Å². The molecule has 1 atom stereocenters. The number of nitrogens with zero attached hydrogens (tertiary/aromatic N) is 4. The van der Waals surface area contributed by atoms with E-state index in [1.807, 2.05) is 6.07 Å². The second kappa shape index (κ2) is 13.3. The minimum absolute atomic E-state index is 0. The van der Waals surface area contributed by atoms with Crippen molar-refractivity contribution < 1.29 is 37.3 Å². The minimum atomic E-state index is -1.27. The predicted octanol–water partition coefficient (Wildman–Crippen LogP) is 6.28. The Kier molecular flexibility index (Phi) is 9.26. The second-order valence-corrected chi connectivity index (χ2v) is 10.1. The number of hydrogen-bond donors (Lipinski definition) is 1. The molecule has 0 saturated carbocycles. The standard InChI is InChI=1S/C32H23F3N4O5.H2S/c33-25-14-22(44-23-5-7-37-21(13-23)17-43-29-4-1-18(15-36)9-26(29)34)3-2-19(25)12-30-38-31-27(35)10-20(32(40)41)11-28(31)39(30)16-24-6-8-42-24;/h1-5,7,9-11,13-14,24H,6,8,12,16-17H2,(H,40,41);1H2/t24-;/m0./s1. The van der Waals surface area contributed by atoms with Gasteiger partial charge in [0.15, 0.2) is 17.4 Å². The fourth-order valence-corrected chi connectivity index (χ4v) is 4.80. The Morgan fingerprint density at radius 2 is 1.84 bits per heavy atom. The van der Waals surface area contributed by atoms with Gasteiger partial charge in [0, 0.05) is 31.4 Å². The van der Waals surface area contributed by atoms with Gasteiger partial charge < -0.3 is 23.9 Å². The second-order valence-electron chi connectivity index (χ2n) is 10.1. The van der Waals surface area contributed by atoms with Gasteiger partial charge in [0.1, 0.15) is 35.3 Å². The number of rotatable bonds is 10. The number of pyridine rings is 1. The molecule has 1 N–H and O–H groups in total. The molecule has 1 saturated heterocycles. The summed E-state index contributed by atoms with van der Waals surface area (Å²) < 4.78 is 62.8. The van der Waals surface area contributed by atoms with Crippen molar-refractivity contribution >= 4 is 30.5 Å². The first-order valence-corrected chi connectivity index (χ1v) is 13.5. The van der Waals surface area contributed by atoms with Gasteiger partial charge in [-0.15, -0.1) is 0 Å². The molecule has 45 heavy (non-hydrogen) atoms. The van der Waals surface area contributed by atoms with Crippen LogP contribution in [0.1, 0.15) is 39.4 Å². The van der Waals surface area contributed by atoms with E-state index in [4.69, 9.17) is 19.5 Å². The van der Waals surface area contributed by atoms with Gasteiger partial charge in [0.05, 0.1) is 41.1 Å². The molecule has 13 heteroatoms. The summed E-state index contributed by atoms with van der Waals surface area (Å²) in [6, 6.07) is 15.5. The number of benzene rings is 3. The zero-order valence-corrected chi connectivity index (χ0v) is 24.5. The average molecular weight is 635 g/mol. The maximum absolute atomic E-state index is 15.3. The molecule has 0 spiro atoms. The quantitative estimate of drug-likeness (QED) is 0.191. The normalized spacial score (nSPS) is 13.9. The highest BCUT2D eigenvalue weighted by Gasteiger charge is 2.24. The van der Waals surface area contributed by atoms with Gasteiger partial charge in [-0.05, 0) is 54.4 Å². The van der Waals surface area contributed by atoms with E-state index in [2.05, 4.69) is 9.97 Å². The lowest BCUT2D eigenvalue weighted by atomic mass is 10.1. The van der Waals surface area contributed by atoms with Crippen LogP contribution in [0.5, 0.6) is 17.2 Å². The Balaban J connectivity index is 0.00000400. The molecule has 0 aliphatic carbocycles. The molecule has 230 valence electrons. The van der Waals surface area contributed by atoms with Crippen LogP contribution in [0.3, 0.4) is 0 Å². The van der Waals surface area contributed by atoms with Crippen molar-refractivity contribution in [3.05, 3.63) is 113 Å². The van der Waals surface area contributed by atoms with Crippen LogP contribution < -0.4 is 9.47 Å². The molecule has 0 unspecified atom stereocenters. The third kappa shape index (κ3) is 6.87. The molecule has 6 rings (SSSR count). The van der Waals surface area contributed by atoms with Crippen LogP contribution in [0.15, 0.2) is 66.9 Å². The Morgan fingerprint density at radius 3 is 2.53 bits per heavy atom. The lowest BCUT2D eigenvalue weighted by molar-refractivity contribution is -0.0589. The monoisotopic (exact) mass is 634 g/mol. The minimum Gasteiger partial charge on any atom is -0.484 e. The van der Waals surface area contributed by atoms with Gasteiger partial charge in [-0.2, -0.15) is 18.8 Å². The Bertz CT molecular complexity index is 1940. The lowest BCUT2D eigenvalue weighted by Crippen LogP contribution is -2.31. The van der Waals surface area contributed by atoms with Crippen LogP contribution in [0.4, 0.5) is 13.2 Å². The van der Waals surface area contributed by atoms with E-state index in [1.165, 1.54) is 36.5 Å². The van der Waals surface area contributed by atoms with Gasteiger partial charge >= 0.3 is 5.97 Å². The summed E-state index contributed by atoms with van der Waals surface area (Å²) in [6.45, 7) is 0.844. The Labute approximate surface area is 261 Å². The van der Waals surface area contributed by atoms with Crippen LogP contribution in [0.2, 0.25) is 0 Å². The van der Waals surface area contributed by atoms with E-state index in [1.54, 1.807) is 22.8 Å². The third-order valence-corrected chi connectivity index (χ3v) is 7.15. The summed E-state index contributed by atoms with van der Waals surface area (Å²) in [6.07, 6.45) is 2.13. The number of aromatic carboxylic acids is 1. The number of hydrogen-bond acceptors (Lipinski definition) is 7. The Morgan fingerprint density at radius 1 is 1.04 bits per heavy atom. The fraction of sp³-hybridized carbons (Fsp3) is 0.188. The van der Waals surface area contributed by atoms with Crippen LogP contribution >= 0.6 is 13.5 Å². The largest absolute Gasteiger partial charge is 0.484 e. The summed E-state index contributed by atoms with van der Waals surface area (Å²) in [5.74, 6) is -2.42. The molecule has 2 aromatic heterocycles. The molecule has 3 heterocycles. The molecule has 0 amide bonds. The maximum Gasteiger partial charge on any atom is 0.335 e. The van der Waals surface area contributed by atoms with Crippen LogP contribution in [-0.2, 0) is 24.3 Å². The highest BCUT2D eigenvalue weighted by Crippen LogP contribution is 2.29. The summed E-state index contributed by atoms with van der Waals surface area (Å²) in [5.41, 5.74) is 0.965. The van der Waals surface area contributed by atoms with Crippen molar-refractivity contribution in [3.8, 4) is 23.3 Å². The van der Waals surface area contributed by atoms with Crippen molar-refractivity contribution in [1.29, 1.82) is 5.26 Å². The number of carbonyl (C=O) groups is 1. The number of carboxylic acid groups (broad SMARTS) is 1. The smallest absolute Gasteiger partial charge is 0.335 e. The third-order valence-electron chi connectivity index (χ3n) is 7.15. The molecule has 0 radical (unpaired) electrons. The first-order valence-electron chi connectivity index (χ1n) is 13.5. The number of carboxylic acids is 1. The van der Waals surface area contributed by atoms with Crippen molar-refractivity contribution in [1.82, 2.24) is 14.5 Å². The van der Waals surface area contributed by atoms with Gasteiger partial charge in [-0.25, -0.2) is 22.9 Å². The number of nitriles is 1. The zero-order chi connectivity index (χ0) is 30.8.